The van der Waals surface area contributed by atoms with Gasteiger partial charge in [0.2, 0.25) is 0 Å². The molecule has 100 valence electrons. The van der Waals surface area contributed by atoms with Crippen LogP contribution in [0.4, 0.5) is 5.69 Å². The summed E-state index contributed by atoms with van der Waals surface area (Å²) in [5.41, 5.74) is 4.07. The molecular formula is C14H17N3OS. The first kappa shape index (κ1) is 12.6. The SMILES string of the molecule is CN(C)c1ccc(-c2nc3n(c2CO)CCS3)cc1. The highest BCUT2D eigenvalue weighted by atomic mass is 32.2. The fourth-order valence-corrected chi connectivity index (χ4v) is 3.31. The Labute approximate surface area is 117 Å². The number of hydrogen-bond donors (Lipinski definition) is 1. The second-order valence-corrected chi connectivity index (χ2v) is 5.85. The van der Waals surface area contributed by atoms with E-state index in [1.807, 2.05) is 14.1 Å². The molecule has 1 aliphatic heterocycles. The van der Waals surface area contributed by atoms with Crippen molar-refractivity contribution in [3.05, 3.63) is 30.0 Å². The van der Waals surface area contributed by atoms with E-state index in [1.165, 1.54) is 0 Å². The number of hydrogen-bond acceptors (Lipinski definition) is 4. The van der Waals surface area contributed by atoms with E-state index in [4.69, 9.17) is 0 Å². The van der Waals surface area contributed by atoms with Crippen molar-refractivity contribution in [1.82, 2.24) is 9.55 Å². The average Bonchev–Trinajstić information content (AvgIpc) is 2.98. The number of aliphatic hydroxyl groups is 1. The van der Waals surface area contributed by atoms with Gasteiger partial charge in [0.1, 0.15) is 0 Å². The Hall–Kier alpha value is -1.46. The maximum absolute atomic E-state index is 9.60. The molecule has 1 N–H and O–H groups in total. The van der Waals surface area contributed by atoms with Crippen molar-refractivity contribution in [2.75, 3.05) is 24.7 Å². The molecule has 5 heteroatoms. The maximum Gasteiger partial charge on any atom is 0.168 e. The minimum atomic E-state index is 0.0400. The molecule has 0 radical (unpaired) electrons. The van der Waals surface area contributed by atoms with Crippen LogP contribution in [0.3, 0.4) is 0 Å². The van der Waals surface area contributed by atoms with Crippen LogP contribution in [0.25, 0.3) is 11.3 Å². The van der Waals surface area contributed by atoms with Crippen LogP contribution in [0.15, 0.2) is 29.4 Å². The van der Waals surface area contributed by atoms with Crippen molar-refractivity contribution in [2.24, 2.45) is 0 Å². The van der Waals surface area contributed by atoms with Gasteiger partial charge in [0.25, 0.3) is 0 Å². The quantitative estimate of drug-likeness (QED) is 0.932. The molecule has 3 rings (SSSR count). The predicted molar refractivity (Wildman–Crippen MR) is 78.6 cm³/mol. The number of aliphatic hydroxyl groups excluding tert-OH is 1. The second-order valence-electron chi connectivity index (χ2n) is 4.79. The molecule has 2 aromatic rings. The molecule has 1 aromatic heterocycles. The zero-order chi connectivity index (χ0) is 13.4. The third kappa shape index (κ3) is 2.13. The van der Waals surface area contributed by atoms with E-state index in [2.05, 4.69) is 38.7 Å². The molecule has 0 fully saturated rings. The van der Waals surface area contributed by atoms with Crippen LogP contribution >= 0.6 is 11.8 Å². The molecule has 0 amide bonds. The van der Waals surface area contributed by atoms with E-state index in [0.29, 0.717) is 0 Å². The second kappa shape index (κ2) is 4.90. The summed E-state index contributed by atoms with van der Waals surface area (Å²) in [5.74, 6) is 1.05. The van der Waals surface area contributed by atoms with Gasteiger partial charge in [0.15, 0.2) is 5.16 Å². The number of rotatable bonds is 3. The van der Waals surface area contributed by atoms with Crippen molar-refractivity contribution in [3.8, 4) is 11.3 Å². The summed E-state index contributed by atoms with van der Waals surface area (Å²) in [6, 6.07) is 8.29. The largest absolute Gasteiger partial charge is 0.390 e. The van der Waals surface area contributed by atoms with Crippen LogP contribution in [0.5, 0.6) is 0 Å². The lowest BCUT2D eigenvalue weighted by Crippen LogP contribution is -2.08. The molecule has 0 aliphatic carbocycles. The molecule has 1 aliphatic rings. The molecule has 0 spiro atoms. The fraction of sp³-hybridized carbons (Fsp3) is 0.357. The Kier molecular flexibility index (Phi) is 3.24. The normalized spacial score (nSPS) is 13.6. The number of fused-ring (bicyclic) bond motifs is 1. The Morgan fingerprint density at radius 1 is 1.32 bits per heavy atom. The number of benzene rings is 1. The van der Waals surface area contributed by atoms with Gasteiger partial charge in [-0.05, 0) is 12.1 Å². The number of thioether (sulfide) groups is 1. The number of aromatic nitrogens is 2. The molecule has 0 unspecified atom stereocenters. The van der Waals surface area contributed by atoms with Gasteiger partial charge >= 0.3 is 0 Å². The number of nitrogens with zero attached hydrogens (tertiary/aromatic N) is 3. The van der Waals surface area contributed by atoms with E-state index in [9.17, 15) is 5.11 Å². The van der Waals surface area contributed by atoms with Crippen LogP contribution < -0.4 is 4.90 Å². The maximum atomic E-state index is 9.60. The standard InChI is InChI=1S/C14H17N3OS/c1-16(2)11-5-3-10(4-6-11)13-12(9-18)17-7-8-19-14(17)15-13/h3-6,18H,7-9H2,1-2H3. The third-order valence-electron chi connectivity index (χ3n) is 3.39. The smallest absolute Gasteiger partial charge is 0.168 e. The highest BCUT2D eigenvalue weighted by Crippen LogP contribution is 2.33. The summed E-state index contributed by atoms with van der Waals surface area (Å²) < 4.78 is 2.12. The Morgan fingerprint density at radius 2 is 2.05 bits per heavy atom. The van der Waals surface area contributed by atoms with E-state index in [0.717, 1.165) is 40.1 Å². The third-order valence-corrected chi connectivity index (χ3v) is 4.35. The molecule has 0 saturated carbocycles. The van der Waals surface area contributed by atoms with Crippen molar-refractivity contribution in [3.63, 3.8) is 0 Å². The minimum absolute atomic E-state index is 0.0400. The van der Waals surface area contributed by atoms with E-state index in [1.54, 1.807) is 11.8 Å². The van der Waals surface area contributed by atoms with E-state index < -0.39 is 0 Å². The molecular weight excluding hydrogens is 258 g/mol. The summed E-state index contributed by atoms with van der Waals surface area (Å²) in [7, 11) is 4.05. The molecule has 0 atom stereocenters. The molecule has 19 heavy (non-hydrogen) atoms. The van der Waals surface area contributed by atoms with Gasteiger partial charge < -0.3 is 14.6 Å². The number of anilines is 1. The number of imidazole rings is 1. The summed E-state index contributed by atoms with van der Waals surface area (Å²) in [6.45, 7) is 0.983. The summed E-state index contributed by atoms with van der Waals surface area (Å²) in [6.07, 6.45) is 0. The van der Waals surface area contributed by atoms with Crippen molar-refractivity contribution < 1.29 is 5.11 Å². The Bertz CT molecular complexity index is 589. The highest BCUT2D eigenvalue weighted by Gasteiger charge is 2.21. The highest BCUT2D eigenvalue weighted by molar-refractivity contribution is 7.99. The first-order chi connectivity index (χ1) is 9.20. The van der Waals surface area contributed by atoms with Crippen molar-refractivity contribution in [2.45, 2.75) is 18.3 Å². The fourth-order valence-electron chi connectivity index (χ4n) is 2.34. The van der Waals surface area contributed by atoms with Crippen LogP contribution in [0, 0.1) is 0 Å². The lowest BCUT2D eigenvalue weighted by Gasteiger charge is -2.12. The van der Waals surface area contributed by atoms with Gasteiger partial charge in [0, 0.05) is 37.6 Å². The summed E-state index contributed by atoms with van der Waals surface area (Å²) >= 11 is 1.75. The zero-order valence-corrected chi connectivity index (χ0v) is 11.9. The Balaban J connectivity index is 2.02. The average molecular weight is 275 g/mol. The van der Waals surface area contributed by atoms with Crippen molar-refractivity contribution in [1.29, 1.82) is 0 Å². The molecule has 1 aromatic carbocycles. The lowest BCUT2D eigenvalue weighted by molar-refractivity contribution is 0.271. The van der Waals surface area contributed by atoms with E-state index in [-0.39, 0.29) is 6.61 Å². The minimum Gasteiger partial charge on any atom is -0.390 e. The summed E-state index contributed by atoms with van der Waals surface area (Å²) in [5, 5.41) is 10.6. The van der Waals surface area contributed by atoms with Crippen LogP contribution in [0.1, 0.15) is 5.69 Å². The van der Waals surface area contributed by atoms with Gasteiger partial charge in [-0.3, -0.25) is 0 Å². The van der Waals surface area contributed by atoms with Gasteiger partial charge in [-0.25, -0.2) is 4.98 Å². The van der Waals surface area contributed by atoms with Gasteiger partial charge in [0.05, 0.1) is 18.0 Å². The van der Waals surface area contributed by atoms with Crippen LogP contribution in [-0.2, 0) is 13.2 Å². The first-order valence-corrected chi connectivity index (χ1v) is 7.30. The van der Waals surface area contributed by atoms with Gasteiger partial charge in [-0.2, -0.15) is 0 Å². The lowest BCUT2D eigenvalue weighted by atomic mass is 10.1. The molecule has 2 heterocycles. The summed E-state index contributed by atoms with van der Waals surface area (Å²) in [4.78, 5) is 6.73. The van der Waals surface area contributed by atoms with Gasteiger partial charge in [-0.15, -0.1) is 0 Å². The molecule has 0 bridgehead atoms. The monoisotopic (exact) mass is 275 g/mol. The topological polar surface area (TPSA) is 41.3 Å². The van der Waals surface area contributed by atoms with E-state index >= 15 is 0 Å². The Morgan fingerprint density at radius 3 is 2.68 bits per heavy atom. The van der Waals surface area contributed by atoms with Crippen LogP contribution in [0.2, 0.25) is 0 Å². The van der Waals surface area contributed by atoms with Crippen LogP contribution in [-0.4, -0.2) is 34.5 Å². The van der Waals surface area contributed by atoms with Crippen molar-refractivity contribution >= 4 is 17.4 Å². The molecule has 0 saturated heterocycles. The predicted octanol–water partition coefficient (Wildman–Crippen LogP) is 2.21. The first-order valence-electron chi connectivity index (χ1n) is 6.31. The molecule has 4 nitrogen and oxygen atoms in total. The van der Waals surface area contributed by atoms with Gasteiger partial charge in [-0.1, -0.05) is 23.9 Å². The zero-order valence-electron chi connectivity index (χ0n) is 11.1.